The zero-order chi connectivity index (χ0) is 20.5. The molecule has 1 aliphatic heterocycles. The molecule has 5 nitrogen and oxygen atoms in total. The summed E-state index contributed by atoms with van der Waals surface area (Å²) in [7, 11) is 0. The number of ether oxygens (including phenoxy) is 1. The molecular weight excluding hydrogens is 372 g/mol. The van der Waals surface area contributed by atoms with Gasteiger partial charge in [0.15, 0.2) is 11.5 Å². The molecule has 0 fully saturated rings. The number of nitrogens with zero attached hydrogens (tertiary/aromatic N) is 4. The van der Waals surface area contributed by atoms with Gasteiger partial charge in [-0.3, -0.25) is 4.98 Å². The standard InChI is InChI=1S/C25H14N4O/c1-27-20-14-17(15-26)16-28-25(20)18-10-12-19(13-11-18)29-21-6-2-4-8-23(21)30-24-9-5-3-7-22(24)29/h2-14,16H. The highest BCUT2D eigenvalue weighted by Gasteiger charge is 2.25. The molecule has 5 rings (SSSR count). The van der Waals surface area contributed by atoms with Gasteiger partial charge in [0.05, 0.1) is 35.3 Å². The Hall–Kier alpha value is -4.61. The number of hydrogen-bond acceptors (Lipinski definition) is 4. The SMILES string of the molecule is [C-]#[N+]c1cc(C#N)cnc1-c1ccc(N2c3ccccc3Oc3ccccc32)cc1. The van der Waals surface area contributed by atoms with Crippen molar-refractivity contribution in [3.63, 3.8) is 0 Å². The third kappa shape index (κ3) is 2.83. The van der Waals surface area contributed by atoms with Gasteiger partial charge >= 0.3 is 0 Å². The predicted molar refractivity (Wildman–Crippen MR) is 115 cm³/mol. The molecule has 1 aliphatic rings. The summed E-state index contributed by atoms with van der Waals surface area (Å²) < 4.78 is 6.06. The predicted octanol–water partition coefficient (Wildman–Crippen LogP) is 6.75. The lowest BCUT2D eigenvalue weighted by molar-refractivity contribution is 0.477. The van der Waals surface area contributed by atoms with Gasteiger partial charge in [0.2, 0.25) is 5.69 Å². The smallest absolute Gasteiger partial charge is 0.214 e. The fraction of sp³-hybridized carbons (Fsp3) is 0. The van der Waals surface area contributed by atoms with Crippen LogP contribution < -0.4 is 9.64 Å². The van der Waals surface area contributed by atoms with Gasteiger partial charge in [-0.15, -0.1) is 0 Å². The highest BCUT2D eigenvalue weighted by atomic mass is 16.5. The Morgan fingerprint density at radius 3 is 2.13 bits per heavy atom. The van der Waals surface area contributed by atoms with Crippen LogP contribution in [0.2, 0.25) is 0 Å². The van der Waals surface area contributed by atoms with Gasteiger partial charge in [-0.05, 0) is 48.0 Å². The number of pyridine rings is 1. The Morgan fingerprint density at radius 1 is 0.900 bits per heavy atom. The summed E-state index contributed by atoms with van der Waals surface area (Å²) >= 11 is 0. The summed E-state index contributed by atoms with van der Waals surface area (Å²) in [6.07, 6.45) is 1.49. The van der Waals surface area contributed by atoms with Crippen LogP contribution in [0.15, 0.2) is 85.1 Å². The largest absolute Gasteiger partial charge is 0.453 e. The van der Waals surface area contributed by atoms with Crippen molar-refractivity contribution in [2.75, 3.05) is 4.90 Å². The summed E-state index contributed by atoms with van der Waals surface area (Å²) in [6, 6.07) is 27.3. The molecule has 0 N–H and O–H groups in total. The monoisotopic (exact) mass is 386 g/mol. The van der Waals surface area contributed by atoms with Crippen molar-refractivity contribution >= 4 is 22.7 Å². The minimum absolute atomic E-state index is 0.365. The lowest BCUT2D eigenvalue weighted by atomic mass is 10.1. The van der Waals surface area contributed by atoms with Crippen molar-refractivity contribution in [3.05, 3.63) is 102 Å². The molecule has 4 aromatic rings. The number of hydrogen-bond donors (Lipinski definition) is 0. The van der Waals surface area contributed by atoms with Crippen LogP contribution in [0.5, 0.6) is 11.5 Å². The summed E-state index contributed by atoms with van der Waals surface area (Å²) in [4.78, 5) is 10.0. The second-order valence-electron chi connectivity index (χ2n) is 6.74. The van der Waals surface area contributed by atoms with Crippen LogP contribution in [-0.2, 0) is 0 Å². The van der Waals surface area contributed by atoms with Gasteiger partial charge in [-0.1, -0.05) is 36.4 Å². The van der Waals surface area contributed by atoms with Gasteiger partial charge in [0.25, 0.3) is 0 Å². The molecule has 0 spiro atoms. The Labute approximate surface area is 173 Å². The molecule has 3 aromatic carbocycles. The lowest BCUT2D eigenvalue weighted by Gasteiger charge is -2.32. The first-order valence-corrected chi connectivity index (χ1v) is 9.32. The minimum Gasteiger partial charge on any atom is -0.453 e. The van der Waals surface area contributed by atoms with E-state index in [2.05, 4.69) is 14.7 Å². The van der Waals surface area contributed by atoms with Crippen LogP contribution in [0.4, 0.5) is 22.7 Å². The van der Waals surface area contributed by atoms with E-state index in [9.17, 15) is 0 Å². The normalized spacial score (nSPS) is 11.5. The number of benzene rings is 3. The zero-order valence-electron chi connectivity index (χ0n) is 15.8. The number of para-hydroxylation sites is 4. The van der Waals surface area contributed by atoms with Crippen LogP contribution in [-0.4, -0.2) is 4.98 Å². The summed E-state index contributed by atoms with van der Waals surface area (Å²) in [5.74, 6) is 1.59. The maximum Gasteiger partial charge on any atom is 0.214 e. The molecule has 0 saturated heterocycles. The number of rotatable bonds is 2. The van der Waals surface area contributed by atoms with Crippen molar-refractivity contribution in [2.24, 2.45) is 0 Å². The fourth-order valence-corrected chi connectivity index (χ4v) is 3.57. The van der Waals surface area contributed by atoms with Crippen molar-refractivity contribution in [1.82, 2.24) is 4.98 Å². The Morgan fingerprint density at radius 2 is 1.53 bits per heavy atom. The summed E-state index contributed by atoms with van der Waals surface area (Å²) in [5, 5.41) is 9.05. The average Bonchev–Trinajstić information content (AvgIpc) is 2.82. The van der Waals surface area contributed by atoms with E-state index in [1.54, 1.807) is 6.07 Å². The van der Waals surface area contributed by atoms with Crippen LogP contribution >= 0.6 is 0 Å². The quantitative estimate of drug-likeness (QED) is 0.315. The van der Waals surface area contributed by atoms with Crippen LogP contribution in [0.1, 0.15) is 5.56 Å². The first-order chi connectivity index (χ1) is 14.8. The highest BCUT2D eigenvalue weighted by molar-refractivity contribution is 5.87. The second kappa shape index (κ2) is 7.09. The van der Waals surface area contributed by atoms with E-state index in [1.807, 2.05) is 78.9 Å². The summed E-state index contributed by atoms with van der Waals surface area (Å²) in [6.45, 7) is 7.42. The molecule has 0 amide bonds. The molecule has 0 saturated carbocycles. The van der Waals surface area contributed by atoms with Gasteiger partial charge in [-0.2, -0.15) is 5.26 Å². The molecule has 0 atom stereocenters. The van der Waals surface area contributed by atoms with Gasteiger partial charge < -0.3 is 9.64 Å². The van der Waals surface area contributed by atoms with E-state index >= 15 is 0 Å². The van der Waals surface area contributed by atoms with Crippen molar-refractivity contribution in [2.45, 2.75) is 0 Å². The fourth-order valence-electron chi connectivity index (χ4n) is 3.57. The first kappa shape index (κ1) is 17.5. The highest BCUT2D eigenvalue weighted by Crippen LogP contribution is 2.50. The van der Waals surface area contributed by atoms with E-state index in [-0.39, 0.29) is 0 Å². The van der Waals surface area contributed by atoms with Crippen molar-refractivity contribution < 1.29 is 4.74 Å². The third-order valence-corrected chi connectivity index (χ3v) is 4.95. The van der Waals surface area contributed by atoms with Crippen LogP contribution in [0, 0.1) is 17.9 Å². The molecule has 30 heavy (non-hydrogen) atoms. The second-order valence-corrected chi connectivity index (χ2v) is 6.74. The van der Waals surface area contributed by atoms with Gasteiger partial charge in [0, 0.05) is 11.9 Å². The Kier molecular flexibility index (Phi) is 4.13. The van der Waals surface area contributed by atoms with E-state index < -0.39 is 0 Å². The molecule has 0 aliphatic carbocycles. The number of aromatic nitrogens is 1. The maximum absolute atomic E-state index is 9.05. The van der Waals surface area contributed by atoms with E-state index in [4.69, 9.17) is 16.6 Å². The summed E-state index contributed by atoms with van der Waals surface area (Å²) in [5.41, 5.74) is 5.03. The Balaban J connectivity index is 1.60. The maximum atomic E-state index is 9.05. The topological polar surface area (TPSA) is 53.5 Å². The van der Waals surface area contributed by atoms with Gasteiger partial charge in [0.1, 0.15) is 0 Å². The van der Waals surface area contributed by atoms with Crippen molar-refractivity contribution in [3.8, 4) is 28.8 Å². The minimum atomic E-state index is 0.365. The van der Waals surface area contributed by atoms with E-state index in [1.165, 1.54) is 6.20 Å². The van der Waals surface area contributed by atoms with E-state index in [0.29, 0.717) is 16.9 Å². The van der Waals surface area contributed by atoms with Crippen molar-refractivity contribution in [1.29, 1.82) is 5.26 Å². The molecule has 140 valence electrons. The molecular formula is C25H14N4O. The van der Waals surface area contributed by atoms with Gasteiger partial charge in [-0.25, -0.2) is 4.85 Å². The lowest BCUT2D eigenvalue weighted by Crippen LogP contribution is -2.15. The third-order valence-electron chi connectivity index (χ3n) is 4.95. The molecule has 5 heteroatoms. The Bertz CT molecular complexity index is 1300. The number of nitriles is 1. The average molecular weight is 386 g/mol. The zero-order valence-corrected chi connectivity index (χ0v) is 15.8. The van der Waals surface area contributed by atoms with Crippen LogP contribution in [0.3, 0.4) is 0 Å². The molecule has 2 heterocycles. The molecule has 0 unspecified atom stereocenters. The molecule has 0 radical (unpaired) electrons. The molecule has 0 bridgehead atoms. The first-order valence-electron chi connectivity index (χ1n) is 9.32. The van der Waals surface area contributed by atoms with Crippen LogP contribution in [0.25, 0.3) is 16.1 Å². The number of fused-ring (bicyclic) bond motifs is 2. The molecule has 1 aromatic heterocycles. The number of anilines is 3. The van der Waals surface area contributed by atoms with E-state index in [0.717, 1.165) is 34.1 Å².